The van der Waals surface area contributed by atoms with Crippen LogP contribution in [0.25, 0.3) is 11.1 Å². The van der Waals surface area contributed by atoms with Gasteiger partial charge in [0.1, 0.15) is 0 Å². The molecule has 3 N–H and O–H groups in total. The first-order valence-electron chi connectivity index (χ1n) is 14.8. The molecule has 1 saturated heterocycles. The maximum atomic E-state index is 4.53. The number of likely N-dealkylation sites (tertiary alicyclic amines) is 1. The lowest BCUT2D eigenvalue weighted by molar-refractivity contribution is 0.289. The largest absolute Gasteiger partial charge is 0.388 e. The second kappa shape index (κ2) is 13.3. The molecule has 0 amide bonds. The number of piperidine rings is 1. The highest BCUT2D eigenvalue weighted by Crippen LogP contribution is 2.38. The number of hydrogen-bond acceptors (Lipinski definition) is 5. The fraction of sp³-hybridized carbons (Fsp3) is 0.417. The van der Waals surface area contributed by atoms with Crippen molar-refractivity contribution in [3.8, 4) is 11.1 Å². The average molecular weight is 554 g/mol. The summed E-state index contributed by atoms with van der Waals surface area (Å²) in [7, 11) is 1.97. The first-order chi connectivity index (χ1) is 19.3. The average Bonchev–Trinajstić information content (AvgIpc) is 2.95. The SMILES string of the molecule is C=C/C=C(\C(C)=C(/C)NC(=C)C(C)(C)c1cc(-c2cncc(NC(=C)C(C)(C)C)c2)ccc1NC)N1CCCCC1. The number of anilines is 2. The molecule has 0 atom stereocenters. The molecule has 0 spiro atoms. The molecule has 0 radical (unpaired) electrons. The summed E-state index contributed by atoms with van der Waals surface area (Å²) in [6, 6.07) is 8.66. The Morgan fingerprint density at radius 1 is 0.927 bits per heavy atom. The fourth-order valence-electron chi connectivity index (χ4n) is 5.03. The molecule has 0 bridgehead atoms. The number of nitrogens with one attached hydrogen (secondary N) is 3. The Morgan fingerprint density at radius 3 is 2.22 bits per heavy atom. The van der Waals surface area contributed by atoms with Gasteiger partial charge < -0.3 is 20.9 Å². The van der Waals surface area contributed by atoms with Gasteiger partial charge in [0.2, 0.25) is 0 Å². The highest BCUT2D eigenvalue weighted by molar-refractivity contribution is 5.72. The summed E-state index contributed by atoms with van der Waals surface area (Å²) in [5, 5.41) is 10.5. The summed E-state index contributed by atoms with van der Waals surface area (Å²) in [6.45, 7) is 30.1. The molecule has 3 rings (SSSR count). The molecule has 41 heavy (non-hydrogen) atoms. The second-order valence-corrected chi connectivity index (χ2v) is 12.6. The number of pyridine rings is 1. The van der Waals surface area contributed by atoms with E-state index < -0.39 is 0 Å². The molecule has 5 heteroatoms. The minimum Gasteiger partial charge on any atom is -0.388 e. The zero-order chi connectivity index (χ0) is 30.4. The van der Waals surface area contributed by atoms with Crippen molar-refractivity contribution in [2.75, 3.05) is 30.8 Å². The summed E-state index contributed by atoms with van der Waals surface area (Å²) in [6.07, 6.45) is 11.5. The van der Waals surface area contributed by atoms with Crippen LogP contribution in [-0.4, -0.2) is 30.0 Å². The quantitative estimate of drug-likeness (QED) is 0.242. The van der Waals surface area contributed by atoms with Gasteiger partial charge in [-0.25, -0.2) is 0 Å². The molecule has 1 aromatic carbocycles. The Balaban J connectivity index is 1.92. The molecule has 0 aliphatic carbocycles. The van der Waals surface area contributed by atoms with Crippen LogP contribution < -0.4 is 16.0 Å². The zero-order valence-electron chi connectivity index (χ0n) is 26.7. The van der Waals surface area contributed by atoms with E-state index in [2.05, 4.69) is 124 Å². The molecule has 1 fully saturated rings. The number of aromatic nitrogens is 1. The first kappa shape index (κ1) is 31.8. The van der Waals surface area contributed by atoms with E-state index in [1.165, 1.54) is 30.5 Å². The van der Waals surface area contributed by atoms with Crippen LogP contribution in [0.3, 0.4) is 0 Å². The van der Waals surface area contributed by atoms with Gasteiger partial charge >= 0.3 is 0 Å². The highest BCUT2D eigenvalue weighted by atomic mass is 15.1. The van der Waals surface area contributed by atoms with E-state index in [0.29, 0.717) is 0 Å². The van der Waals surface area contributed by atoms with Crippen molar-refractivity contribution >= 4 is 11.4 Å². The van der Waals surface area contributed by atoms with Crippen LogP contribution in [0.2, 0.25) is 0 Å². The van der Waals surface area contributed by atoms with E-state index in [-0.39, 0.29) is 10.8 Å². The van der Waals surface area contributed by atoms with Crippen molar-refractivity contribution in [3.05, 3.63) is 102 Å². The zero-order valence-corrected chi connectivity index (χ0v) is 26.7. The van der Waals surface area contributed by atoms with Crippen molar-refractivity contribution in [2.45, 2.75) is 73.1 Å². The van der Waals surface area contributed by atoms with Gasteiger partial charge in [-0.2, -0.15) is 0 Å². The maximum Gasteiger partial charge on any atom is 0.0574 e. The van der Waals surface area contributed by atoms with Crippen molar-refractivity contribution in [2.24, 2.45) is 5.41 Å². The maximum absolute atomic E-state index is 4.53. The predicted molar refractivity (Wildman–Crippen MR) is 179 cm³/mol. The summed E-state index contributed by atoms with van der Waals surface area (Å²) in [5.74, 6) is 0. The Bertz CT molecular complexity index is 1330. The standard InChI is InChI=1S/C36H51N5/c1-12-16-34(41-19-14-13-15-20-41)25(2)26(3)39-28(5)36(9,10)32-22-29(17-18-33(32)37-11)30-21-31(24-38-23-30)40-27(4)35(6,7)8/h12,16-18,21-24,37,39-40H,1,4-5,13-15,19-20H2,2-3,6-11H3/b26-25+,34-16+. The lowest BCUT2D eigenvalue weighted by atomic mass is 9.79. The van der Waals surface area contributed by atoms with E-state index in [1.807, 2.05) is 25.5 Å². The van der Waals surface area contributed by atoms with Gasteiger partial charge in [-0.05, 0) is 74.1 Å². The molecular weight excluding hydrogens is 502 g/mol. The van der Waals surface area contributed by atoms with Crippen molar-refractivity contribution < 1.29 is 0 Å². The number of rotatable bonds is 11. The number of nitrogens with zero attached hydrogens (tertiary/aromatic N) is 2. The second-order valence-electron chi connectivity index (χ2n) is 12.6. The van der Waals surface area contributed by atoms with Crippen molar-refractivity contribution in [3.63, 3.8) is 0 Å². The van der Waals surface area contributed by atoms with Gasteiger partial charge in [0.25, 0.3) is 0 Å². The number of allylic oxidation sites excluding steroid dienone is 6. The third-order valence-electron chi connectivity index (χ3n) is 8.25. The van der Waals surface area contributed by atoms with Crippen LogP contribution in [0.5, 0.6) is 0 Å². The first-order valence-corrected chi connectivity index (χ1v) is 14.8. The Kier molecular flexibility index (Phi) is 10.3. The molecule has 1 aliphatic rings. The molecule has 1 aliphatic heterocycles. The van der Waals surface area contributed by atoms with Crippen LogP contribution in [0.4, 0.5) is 11.4 Å². The van der Waals surface area contributed by atoms with Gasteiger partial charge in [0.05, 0.1) is 11.9 Å². The predicted octanol–water partition coefficient (Wildman–Crippen LogP) is 8.99. The van der Waals surface area contributed by atoms with Crippen LogP contribution in [0.1, 0.15) is 73.3 Å². The molecule has 0 saturated carbocycles. The summed E-state index contributed by atoms with van der Waals surface area (Å²) in [4.78, 5) is 7.01. The summed E-state index contributed by atoms with van der Waals surface area (Å²) < 4.78 is 0. The van der Waals surface area contributed by atoms with E-state index in [0.717, 1.165) is 58.2 Å². The van der Waals surface area contributed by atoms with Gasteiger partial charge in [0, 0.05) is 71.2 Å². The number of benzene rings is 1. The molecular formula is C36H51N5. The minimum absolute atomic E-state index is 0.0457. The van der Waals surface area contributed by atoms with Gasteiger partial charge in [0.15, 0.2) is 0 Å². The van der Waals surface area contributed by atoms with Crippen LogP contribution in [0, 0.1) is 5.41 Å². The smallest absolute Gasteiger partial charge is 0.0574 e. The topological polar surface area (TPSA) is 52.2 Å². The van der Waals surface area contributed by atoms with E-state index in [9.17, 15) is 0 Å². The third kappa shape index (κ3) is 7.72. The van der Waals surface area contributed by atoms with Gasteiger partial charge in [-0.3, -0.25) is 4.98 Å². The van der Waals surface area contributed by atoms with E-state index in [1.54, 1.807) is 0 Å². The van der Waals surface area contributed by atoms with E-state index in [4.69, 9.17) is 0 Å². The Hall–Kier alpha value is -3.73. The molecule has 5 nitrogen and oxygen atoms in total. The van der Waals surface area contributed by atoms with Crippen LogP contribution >= 0.6 is 0 Å². The van der Waals surface area contributed by atoms with Gasteiger partial charge in [-0.1, -0.05) is 66.5 Å². The third-order valence-corrected chi connectivity index (χ3v) is 8.25. The molecule has 2 heterocycles. The number of hydrogen-bond donors (Lipinski definition) is 3. The monoisotopic (exact) mass is 553 g/mol. The lowest BCUT2D eigenvalue weighted by Crippen LogP contribution is -2.32. The molecule has 2 aromatic rings. The Labute approximate surface area is 249 Å². The fourth-order valence-corrected chi connectivity index (χ4v) is 5.03. The molecule has 220 valence electrons. The normalized spacial score (nSPS) is 15.1. The highest BCUT2D eigenvalue weighted by Gasteiger charge is 2.28. The van der Waals surface area contributed by atoms with Crippen LogP contribution in [0.15, 0.2) is 96.9 Å². The van der Waals surface area contributed by atoms with E-state index >= 15 is 0 Å². The van der Waals surface area contributed by atoms with Gasteiger partial charge in [-0.15, -0.1) is 0 Å². The Morgan fingerprint density at radius 2 is 1.61 bits per heavy atom. The minimum atomic E-state index is -0.368. The van der Waals surface area contributed by atoms with Crippen LogP contribution in [-0.2, 0) is 5.41 Å². The molecule has 0 unspecified atom stereocenters. The summed E-state index contributed by atoms with van der Waals surface area (Å²) >= 11 is 0. The van der Waals surface area contributed by atoms with Crippen molar-refractivity contribution in [1.29, 1.82) is 0 Å². The molecule has 1 aromatic heterocycles. The van der Waals surface area contributed by atoms with Crippen molar-refractivity contribution in [1.82, 2.24) is 15.2 Å². The lowest BCUT2D eigenvalue weighted by Gasteiger charge is -2.34. The summed E-state index contributed by atoms with van der Waals surface area (Å²) in [5.41, 5.74) is 10.4.